The van der Waals surface area contributed by atoms with Crippen LogP contribution in [-0.4, -0.2) is 16.5 Å². The van der Waals surface area contributed by atoms with Crippen molar-refractivity contribution in [3.63, 3.8) is 0 Å². The summed E-state index contributed by atoms with van der Waals surface area (Å²) < 4.78 is 5.92. The van der Waals surface area contributed by atoms with Gasteiger partial charge in [0.1, 0.15) is 12.4 Å². The maximum absolute atomic E-state index is 10.2. The molecule has 1 atom stereocenters. The minimum absolute atomic E-state index is 0.526. The fourth-order valence-electron chi connectivity index (χ4n) is 2.70. The van der Waals surface area contributed by atoms with Gasteiger partial charge in [-0.15, -0.1) is 0 Å². The van der Waals surface area contributed by atoms with Gasteiger partial charge in [-0.2, -0.15) is 0 Å². The van der Waals surface area contributed by atoms with E-state index >= 15 is 0 Å². The zero-order valence-electron chi connectivity index (χ0n) is 11.2. The summed E-state index contributed by atoms with van der Waals surface area (Å²) in [6.07, 6.45) is 7.00. The summed E-state index contributed by atoms with van der Waals surface area (Å²) in [4.78, 5) is 0. The van der Waals surface area contributed by atoms with Crippen molar-refractivity contribution in [2.45, 2.75) is 25.6 Å². The van der Waals surface area contributed by atoms with E-state index in [1.807, 2.05) is 12.1 Å². The van der Waals surface area contributed by atoms with Gasteiger partial charge in [-0.05, 0) is 35.3 Å². The lowest BCUT2D eigenvalue weighted by Gasteiger charge is -2.21. The van der Waals surface area contributed by atoms with E-state index in [9.17, 15) is 5.11 Å². The summed E-state index contributed by atoms with van der Waals surface area (Å²) in [6.45, 7) is 0.598. The summed E-state index contributed by atoms with van der Waals surface area (Å²) in [6, 6.07) is 8.34. The second kappa shape index (κ2) is 5.98. The number of ether oxygens (including phenoxy) is 1. The van der Waals surface area contributed by atoms with Crippen molar-refractivity contribution in [3.8, 4) is 0 Å². The Bertz CT molecular complexity index is 599. The monoisotopic (exact) mass is 332 g/mol. The van der Waals surface area contributed by atoms with Crippen molar-refractivity contribution in [2.24, 2.45) is 0 Å². The Morgan fingerprint density at radius 1 is 1.30 bits per heavy atom. The van der Waals surface area contributed by atoms with E-state index in [1.165, 1.54) is 11.1 Å². The van der Waals surface area contributed by atoms with Crippen LogP contribution in [0.4, 0.5) is 0 Å². The molecule has 0 aromatic heterocycles. The van der Waals surface area contributed by atoms with Gasteiger partial charge < -0.3 is 9.84 Å². The largest absolute Gasteiger partial charge is 0.489 e. The molecule has 2 nitrogen and oxygen atoms in total. The number of aliphatic hydroxyl groups excluding tert-OH is 1. The molecule has 104 valence electrons. The lowest BCUT2D eigenvalue weighted by Crippen LogP contribution is -2.16. The number of fused-ring (bicyclic) bond motifs is 1. The fraction of sp³-hybridized carbons (Fsp3) is 0.294. The fourth-order valence-corrected chi connectivity index (χ4v) is 2.93. The first-order valence-electron chi connectivity index (χ1n) is 6.85. The number of allylic oxidation sites excluding steroid dienone is 2. The standard InChI is InChI=1S/C17H17BrO2/c18-9-3-6-14-15-10-12-4-1-2-5-13(12)11-20-17(15)8-7-16(14)19/h1-2,4-8,16,19H,3,9-11H2. The van der Waals surface area contributed by atoms with Crippen LogP contribution >= 0.6 is 15.9 Å². The van der Waals surface area contributed by atoms with Crippen LogP contribution in [0.15, 0.2) is 59.4 Å². The average Bonchev–Trinajstić information content (AvgIpc) is 2.65. The van der Waals surface area contributed by atoms with Crippen molar-refractivity contribution in [2.75, 3.05) is 5.33 Å². The SMILES string of the molecule is OC1C=CC2=C(Cc3ccccc3CO2)C1=CCCBr. The summed E-state index contributed by atoms with van der Waals surface area (Å²) in [5.41, 5.74) is 4.61. The topological polar surface area (TPSA) is 29.5 Å². The van der Waals surface area contributed by atoms with Gasteiger partial charge in [-0.3, -0.25) is 0 Å². The highest BCUT2D eigenvalue weighted by Gasteiger charge is 2.24. The quantitative estimate of drug-likeness (QED) is 0.837. The minimum Gasteiger partial charge on any atom is -0.489 e. The maximum Gasteiger partial charge on any atom is 0.123 e. The zero-order valence-corrected chi connectivity index (χ0v) is 12.8. The molecule has 0 fully saturated rings. The van der Waals surface area contributed by atoms with E-state index in [2.05, 4.69) is 40.2 Å². The molecule has 0 spiro atoms. The molecular formula is C17H17BrO2. The number of alkyl halides is 1. The highest BCUT2D eigenvalue weighted by Crippen LogP contribution is 2.33. The molecule has 1 heterocycles. The Kier molecular flexibility index (Phi) is 4.08. The maximum atomic E-state index is 10.2. The molecule has 1 N–H and O–H groups in total. The van der Waals surface area contributed by atoms with Crippen LogP contribution in [0.1, 0.15) is 17.5 Å². The van der Waals surface area contributed by atoms with Crippen molar-refractivity contribution in [1.29, 1.82) is 0 Å². The molecule has 0 saturated heterocycles. The third kappa shape index (κ3) is 2.60. The summed E-state index contributed by atoms with van der Waals surface area (Å²) in [7, 11) is 0. The Hall–Kier alpha value is -1.32. The van der Waals surface area contributed by atoms with Gasteiger partial charge in [0.2, 0.25) is 0 Å². The molecule has 1 aliphatic heterocycles. The molecule has 3 heteroatoms. The van der Waals surface area contributed by atoms with Crippen LogP contribution in [0.3, 0.4) is 0 Å². The first-order chi connectivity index (χ1) is 9.79. The molecule has 0 saturated carbocycles. The number of rotatable bonds is 2. The van der Waals surface area contributed by atoms with Crippen molar-refractivity contribution in [3.05, 3.63) is 70.5 Å². The smallest absolute Gasteiger partial charge is 0.123 e. The molecule has 3 rings (SSSR count). The third-order valence-corrected chi connectivity index (χ3v) is 4.19. The molecule has 0 bridgehead atoms. The highest BCUT2D eigenvalue weighted by atomic mass is 79.9. The van der Waals surface area contributed by atoms with Gasteiger partial charge in [0.25, 0.3) is 0 Å². The average molecular weight is 333 g/mol. The lowest BCUT2D eigenvalue weighted by molar-refractivity contribution is 0.202. The molecule has 0 radical (unpaired) electrons. The molecule has 2 aliphatic rings. The molecule has 1 unspecified atom stereocenters. The second-order valence-corrected chi connectivity index (χ2v) is 5.81. The second-order valence-electron chi connectivity index (χ2n) is 5.02. The van der Waals surface area contributed by atoms with E-state index < -0.39 is 6.10 Å². The Morgan fingerprint density at radius 3 is 2.90 bits per heavy atom. The van der Waals surface area contributed by atoms with Crippen LogP contribution in [0.5, 0.6) is 0 Å². The molecule has 0 amide bonds. The van der Waals surface area contributed by atoms with Gasteiger partial charge in [0, 0.05) is 17.3 Å². The molecule has 1 aromatic rings. The highest BCUT2D eigenvalue weighted by molar-refractivity contribution is 9.09. The van der Waals surface area contributed by atoms with Crippen LogP contribution in [0, 0.1) is 0 Å². The van der Waals surface area contributed by atoms with Gasteiger partial charge in [-0.25, -0.2) is 0 Å². The third-order valence-electron chi connectivity index (χ3n) is 3.74. The van der Waals surface area contributed by atoms with E-state index in [0.29, 0.717) is 6.61 Å². The lowest BCUT2D eigenvalue weighted by atomic mass is 9.88. The number of hydrogen-bond acceptors (Lipinski definition) is 2. The predicted octanol–water partition coefficient (Wildman–Crippen LogP) is 3.66. The van der Waals surface area contributed by atoms with E-state index in [0.717, 1.165) is 35.1 Å². The van der Waals surface area contributed by atoms with Gasteiger partial charge in [0.05, 0.1) is 6.10 Å². The molecule has 1 aromatic carbocycles. The van der Waals surface area contributed by atoms with Gasteiger partial charge >= 0.3 is 0 Å². The van der Waals surface area contributed by atoms with Crippen molar-refractivity contribution >= 4 is 15.9 Å². The van der Waals surface area contributed by atoms with E-state index in [4.69, 9.17) is 4.74 Å². The summed E-state index contributed by atoms with van der Waals surface area (Å²) in [5, 5.41) is 11.1. The molecular weight excluding hydrogens is 316 g/mol. The van der Waals surface area contributed by atoms with Crippen LogP contribution < -0.4 is 0 Å². The van der Waals surface area contributed by atoms with Crippen LogP contribution in [0.25, 0.3) is 0 Å². The van der Waals surface area contributed by atoms with Crippen LogP contribution in [0.2, 0.25) is 0 Å². The van der Waals surface area contributed by atoms with E-state index in [1.54, 1.807) is 6.08 Å². The van der Waals surface area contributed by atoms with Gasteiger partial charge in [-0.1, -0.05) is 46.3 Å². The summed E-state index contributed by atoms with van der Waals surface area (Å²) >= 11 is 3.43. The molecule has 1 aliphatic carbocycles. The van der Waals surface area contributed by atoms with Crippen molar-refractivity contribution in [1.82, 2.24) is 0 Å². The minimum atomic E-state index is -0.526. The van der Waals surface area contributed by atoms with E-state index in [-0.39, 0.29) is 0 Å². The first-order valence-corrected chi connectivity index (χ1v) is 7.97. The van der Waals surface area contributed by atoms with Gasteiger partial charge in [0.15, 0.2) is 0 Å². The summed E-state index contributed by atoms with van der Waals surface area (Å²) in [5.74, 6) is 0.896. The number of hydrogen-bond donors (Lipinski definition) is 1. The normalized spacial score (nSPS) is 23.1. The predicted molar refractivity (Wildman–Crippen MR) is 83.6 cm³/mol. The number of halogens is 1. The number of benzene rings is 1. The zero-order chi connectivity index (χ0) is 13.9. The Labute approximate surface area is 127 Å². The van der Waals surface area contributed by atoms with Crippen LogP contribution in [-0.2, 0) is 17.8 Å². The Balaban J connectivity index is 2.00. The first kappa shape index (κ1) is 13.7. The van der Waals surface area contributed by atoms with Crippen molar-refractivity contribution < 1.29 is 9.84 Å². The Morgan fingerprint density at radius 2 is 2.10 bits per heavy atom. The molecule has 20 heavy (non-hydrogen) atoms. The number of aliphatic hydroxyl groups is 1.